The fourth-order valence-electron chi connectivity index (χ4n) is 2.33. The first kappa shape index (κ1) is 19.5. The summed E-state index contributed by atoms with van der Waals surface area (Å²) in [4.78, 5) is 28.0. The number of carboxylic acids is 1. The van der Waals surface area contributed by atoms with Crippen molar-refractivity contribution in [3.63, 3.8) is 0 Å². The molecule has 8 heteroatoms. The van der Waals surface area contributed by atoms with Crippen molar-refractivity contribution in [3.8, 4) is 11.5 Å². The van der Waals surface area contributed by atoms with Gasteiger partial charge >= 0.3 is 5.97 Å². The first-order chi connectivity index (χ1) is 13.4. The molecule has 1 unspecified atom stereocenters. The molecule has 1 amide bonds. The van der Waals surface area contributed by atoms with Crippen LogP contribution >= 0.6 is 11.8 Å². The van der Waals surface area contributed by atoms with Gasteiger partial charge in [-0.25, -0.2) is 9.79 Å². The van der Waals surface area contributed by atoms with Crippen molar-refractivity contribution in [2.24, 2.45) is 4.99 Å². The van der Waals surface area contributed by atoms with Gasteiger partial charge in [0.2, 0.25) is 0 Å². The summed E-state index contributed by atoms with van der Waals surface area (Å²) < 4.78 is 10.5. The van der Waals surface area contributed by atoms with E-state index in [-0.39, 0.29) is 5.91 Å². The molecule has 0 aliphatic carbocycles. The zero-order chi connectivity index (χ0) is 20.1. The molecule has 0 radical (unpaired) electrons. The van der Waals surface area contributed by atoms with Gasteiger partial charge in [-0.05, 0) is 54.6 Å². The molecular weight excluding hydrogens is 380 g/mol. The maximum Gasteiger partial charge on any atom is 0.344 e. The summed E-state index contributed by atoms with van der Waals surface area (Å²) in [5.41, 5.74) is 1.47. The van der Waals surface area contributed by atoms with E-state index in [0.29, 0.717) is 27.3 Å². The standard InChI is InChI=1S/C20H18N2O5S/c1-12(19(24)25)27-15-8-6-13(7-9-15)10-17-18(23)22-20(28-17)21-14-4-3-5-16(11-14)26-2/h3-12H,1-2H3,(H,24,25)(H,21,22,23)/b17-10+. The maximum absolute atomic E-state index is 12.2. The summed E-state index contributed by atoms with van der Waals surface area (Å²) in [6.07, 6.45) is 0.800. The van der Waals surface area contributed by atoms with Crippen LogP contribution in [-0.4, -0.2) is 35.4 Å². The molecular formula is C20H18N2O5S. The van der Waals surface area contributed by atoms with Gasteiger partial charge in [-0.1, -0.05) is 18.2 Å². The van der Waals surface area contributed by atoms with Crippen LogP contribution in [0.25, 0.3) is 6.08 Å². The number of hydrogen-bond donors (Lipinski definition) is 2. The second-order valence-electron chi connectivity index (χ2n) is 5.85. The second kappa shape index (κ2) is 8.62. The Balaban J connectivity index is 1.71. The Kier molecular flexibility index (Phi) is 6.00. The van der Waals surface area contributed by atoms with Crippen LogP contribution in [0.3, 0.4) is 0 Å². The normalized spacial score (nSPS) is 17.4. The Morgan fingerprint density at radius 3 is 2.64 bits per heavy atom. The highest BCUT2D eigenvalue weighted by Crippen LogP contribution is 2.29. The Bertz CT molecular complexity index is 953. The average Bonchev–Trinajstić information content (AvgIpc) is 3.02. The number of rotatable bonds is 6. The number of aliphatic carboxylic acids is 1. The van der Waals surface area contributed by atoms with Crippen molar-refractivity contribution in [3.05, 3.63) is 59.0 Å². The molecule has 0 spiro atoms. The van der Waals surface area contributed by atoms with Gasteiger partial charge in [-0.3, -0.25) is 4.79 Å². The number of aliphatic imine (C=N–C) groups is 1. The van der Waals surface area contributed by atoms with Crippen LogP contribution in [0.1, 0.15) is 12.5 Å². The fraction of sp³-hybridized carbons (Fsp3) is 0.150. The highest BCUT2D eigenvalue weighted by molar-refractivity contribution is 8.18. The predicted octanol–water partition coefficient (Wildman–Crippen LogP) is 3.44. The van der Waals surface area contributed by atoms with E-state index in [1.165, 1.54) is 18.7 Å². The van der Waals surface area contributed by atoms with Crippen LogP contribution in [0.5, 0.6) is 11.5 Å². The van der Waals surface area contributed by atoms with Crippen LogP contribution in [0, 0.1) is 0 Å². The van der Waals surface area contributed by atoms with Crippen LogP contribution in [0.2, 0.25) is 0 Å². The van der Waals surface area contributed by atoms with Crippen LogP contribution in [0.4, 0.5) is 5.69 Å². The summed E-state index contributed by atoms with van der Waals surface area (Å²) in [7, 11) is 1.58. The summed E-state index contributed by atoms with van der Waals surface area (Å²) in [5.74, 6) is -0.133. The monoisotopic (exact) mass is 398 g/mol. The lowest BCUT2D eigenvalue weighted by molar-refractivity contribution is -0.144. The quantitative estimate of drug-likeness (QED) is 0.724. The molecule has 1 saturated heterocycles. The number of amides is 1. The molecule has 0 bridgehead atoms. The number of methoxy groups -OCH3 is 1. The lowest BCUT2D eigenvalue weighted by Gasteiger charge is -2.10. The van der Waals surface area contributed by atoms with Crippen molar-refractivity contribution < 1.29 is 24.2 Å². The molecule has 3 rings (SSSR count). The van der Waals surface area contributed by atoms with Crippen LogP contribution in [0.15, 0.2) is 58.4 Å². The molecule has 2 N–H and O–H groups in total. The van der Waals surface area contributed by atoms with Crippen molar-refractivity contribution in [1.29, 1.82) is 0 Å². The van der Waals surface area contributed by atoms with Crippen molar-refractivity contribution >= 4 is 40.6 Å². The van der Waals surface area contributed by atoms with Gasteiger partial charge in [0, 0.05) is 6.07 Å². The third-order valence-electron chi connectivity index (χ3n) is 3.77. The van der Waals surface area contributed by atoms with Crippen LogP contribution < -0.4 is 14.8 Å². The molecule has 1 atom stereocenters. The SMILES string of the molecule is COc1cccc(N=C2NC(=O)/C(=C\c3ccc(OC(C)C(=O)O)cc3)S2)c1. The zero-order valence-electron chi connectivity index (χ0n) is 15.2. The second-order valence-corrected chi connectivity index (χ2v) is 6.88. The average molecular weight is 398 g/mol. The van der Waals surface area contributed by atoms with Crippen molar-refractivity contribution in [1.82, 2.24) is 5.32 Å². The van der Waals surface area contributed by atoms with E-state index < -0.39 is 12.1 Å². The van der Waals surface area contributed by atoms with Gasteiger partial charge in [0.05, 0.1) is 17.7 Å². The van der Waals surface area contributed by atoms with Gasteiger partial charge in [0.25, 0.3) is 5.91 Å². The van der Waals surface area contributed by atoms with E-state index in [1.54, 1.807) is 43.5 Å². The lowest BCUT2D eigenvalue weighted by atomic mass is 10.2. The minimum atomic E-state index is -1.03. The van der Waals surface area contributed by atoms with Crippen molar-refractivity contribution in [2.75, 3.05) is 7.11 Å². The topological polar surface area (TPSA) is 97.2 Å². The van der Waals surface area contributed by atoms with Crippen LogP contribution in [-0.2, 0) is 9.59 Å². The Hall–Kier alpha value is -3.26. The number of carbonyl (C=O) groups excluding carboxylic acids is 1. The zero-order valence-corrected chi connectivity index (χ0v) is 16.0. The molecule has 1 fully saturated rings. The molecule has 2 aromatic rings. The molecule has 2 aromatic carbocycles. The van der Waals surface area contributed by atoms with E-state index in [1.807, 2.05) is 18.2 Å². The van der Waals surface area contributed by atoms with Crippen molar-refractivity contribution in [2.45, 2.75) is 13.0 Å². The summed E-state index contributed by atoms with van der Waals surface area (Å²) in [6, 6.07) is 14.1. The predicted molar refractivity (Wildman–Crippen MR) is 108 cm³/mol. The van der Waals surface area contributed by atoms with Gasteiger partial charge in [0.15, 0.2) is 11.3 Å². The largest absolute Gasteiger partial charge is 0.497 e. The number of ether oxygens (including phenoxy) is 2. The number of carboxylic acid groups (broad SMARTS) is 1. The van der Waals surface area contributed by atoms with Gasteiger partial charge in [-0.2, -0.15) is 0 Å². The smallest absolute Gasteiger partial charge is 0.344 e. The number of hydrogen-bond acceptors (Lipinski definition) is 6. The molecule has 144 valence electrons. The minimum Gasteiger partial charge on any atom is -0.497 e. The number of nitrogens with one attached hydrogen (secondary N) is 1. The lowest BCUT2D eigenvalue weighted by Crippen LogP contribution is -2.22. The van der Waals surface area contributed by atoms with E-state index in [9.17, 15) is 9.59 Å². The third-order valence-corrected chi connectivity index (χ3v) is 4.68. The molecule has 0 saturated carbocycles. The highest BCUT2D eigenvalue weighted by Gasteiger charge is 2.23. The molecule has 7 nitrogen and oxygen atoms in total. The number of nitrogens with zero attached hydrogens (tertiary/aromatic N) is 1. The summed E-state index contributed by atoms with van der Waals surface area (Å²) >= 11 is 1.24. The molecule has 1 aliphatic heterocycles. The van der Waals surface area contributed by atoms with E-state index in [4.69, 9.17) is 14.6 Å². The molecule has 0 aromatic heterocycles. The minimum absolute atomic E-state index is 0.230. The Morgan fingerprint density at radius 1 is 1.21 bits per heavy atom. The molecule has 28 heavy (non-hydrogen) atoms. The maximum atomic E-state index is 12.2. The van der Waals surface area contributed by atoms with Gasteiger partial charge < -0.3 is 19.9 Å². The Labute approximate surface area is 166 Å². The number of amidine groups is 1. The molecule has 1 aliphatic rings. The first-order valence-electron chi connectivity index (χ1n) is 8.38. The Morgan fingerprint density at radius 2 is 1.96 bits per heavy atom. The van der Waals surface area contributed by atoms with E-state index in [0.717, 1.165) is 5.56 Å². The number of thioether (sulfide) groups is 1. The van der Waals surface area contributed by atoms with Gasteiger partial charge in [0.1, 0.15) is 11.5 Å². The van der Waals surface area contributed by atoms with E-state index in [2.05, 4.69) is 10.3 Å². The third kappa shape index (κ3) is 4.92. The fourth-order valence-corrected chi connectivity index (χ4v) is 3.17. The van der Waals surface area contributed by atoms with E-state index >= 15 is 0 Å². The summed E-state index contributed by atoms with van der Waals surface area (Å²) in [6.45, 7) is 1.46. The number of benzene rings is 2. The highest BCUT2D eigenvalue weighted by atomic mass is 32.2. The number of carbonyl (C=O) groups is 2. The van der Waals surface area contributed by atoms with Gasteiger partial charge in [-0.15, -0.1) is 0 Å². The summed E-state index contributed by atoms with van der Waals surface area (Å²) in [5, 5.41) is 12.1. The first-order valence-corrected chi connectivity index (χ1v) is 9.19. The molecule has 1 heterocycles.